The molecule has 0 radical (unpaired) electrons. The standard InChI is InChI=1S/C17H20N4O3/c1-11-15(8-12(10-18)9-16(11)21(23)24)20-6-4-14(5-7-20)19-17(22)13-2-3-13/h8-9,13-14H,2-7H2,1H3,(H,19,22). The Morgan fingerprint density at radius 3 is 2.54 bits per heavy atom. The van der Waals surface area contributed by atoms with Crippen LogP contribution in [0.15, 0.2) is 12.1 Å². The van der Waals surface area contributed by atoms with Gasteiger partial charge in [0.1, 0.15) is 0 Å². The Bertz CT molecular complexity index is 713. The van der Waals surface area contributed by atoms with Gasteiger partial charge >= 0.3 is 0 Å². The molecule has 2 aliphatic rings. The Kier molecular flexibility index (Phi) is 4.38. The molecule has 3 rings (SSSR count). The summed E-state index contributed by atoms with van der Waals surface area (Å²) in [5.41, 5.74) is 1.60. The molecule has 1 aromatic rings. The number of nitrogens with one attached hydrogen (secondary N) is 1. The molecule has 2 fully saturated rings. The second-order valence-corrected chi connectivity index (χ2v) is 6.55. The maximum Gasteiger partial charge on any atom is 0.275 e. The number of anilines is 1. The number of nitriles is 1. The van der Waals surface area contributed by atoms with E-state index < -0.39 is 4.92 Å². The van der Waals surface area contributed by atoms with Gasteiger partial charge in [-0.2, -0.15) is 5.26 Å². The summed E-state index contributed by atoms with van der Waals surface area (Å²) in [6.45, 7) is 3.14. The van der Waals surface area contributed by atoms with E-state index >= 15 is 0 Å². The quantitative estimate of drug-likeness (QED) is 0.675. The highest BCUT2D eigenvalue weighted by atomic mass is 16.6. The third-order valence-corrected chi connectivity index (χ3v) is 4.81. The Hall–Kier alpha value is -2.62. The topological polar surface area (TPSA) is 99.3 Å². The summed E-state index contributed by atoms with van der Waals surface area (Å²) in [6, 6.07) is 5.20. The van der Waals surface area contributed by atoms with Gasteiger partial charge in [0.05, 0.1) is 22.1 Å². The number of hydrogen-bond acceptors (Lipinski definition) is 5. The number of carbonyl (C=O) groups excluding carboxylic acids is 1. The highest BCUT2D eigenvalue weighted by Crippen LogP contribution is 2.33. The second-order valence-electron chi connectivity index (χ2n) is 6.55. The van der Waals surface area contributed by atoms with E-state index in [0.29, 0.717) is 24.2 Å². The van der Waals surface area contributed by atoms with Crippen LogP contribution in [0.1, 0.15) is 36.8 Å². The molecule has 1 saturated heterocycles. The van der Waals surface area contributed by atoms with Crippen molar-refractivity contribution in [2.45, 2.75) is 38.6 Å². The smallest absolute Gasteiger partial charge is 0.275 e. The van der Waals surface area contributed by atoms with E-state index in [-0.39, 0.29) is 23.6 Å². The van der Waals surface area contributed by atoms with E-state index in [2.05, 4.69) is 10.2 Å². The van der Waals surface area contributed by atoms with Crippen LogP contribution in [0.4, 0.5) is 11.4 Å². The molecule has 24 heavy (non-hydrogen) atoms. The van der Waals surface area contributed by atoms with Crippen molar-refractivity contribution in [1.29, 1.82) is 5.26 Å². The fraction of sp³-hybridized carbons (Fsp3) is 0.529. The summed E-state index contributed by atoms with van der Waals surface area (Å²) in [7, 11) is 0. The first-order chi connectivity index (χ1) is 11.5. The number of nitro groups is 1. The first kappa shape index (κ1) is 16.2. The lowest BCUT2D eigenvalue weighted by molar-refractivity contribution is -0.385. The van der Waals surface area contributed by atoms with Crippen LogP contribution in [0, 0.1) is 34.3 Å². The van der Waals surface area contributed by atoms with E-state index in [1.165, 1.54) is 6.07 Å². The number of hydrogen-bond donors (Lipinski definition) is 1. The normalized spacial score (nSPS) is 18.1. The molecule has 1 aliphatic heterocycles. The molecule has 1 heterocycles. The zero-order valence-corrected chi connectivity index (χ0v) is 13.6. The van der Waals surface area contributed by atoms with Gasteiger partial charge in [0.25, 0.3) is 5.69 Å². The van der Waals surface area contributed by atoms with Crippen molar-refractivity contribution < 1.29 is 9.72 Å². The molecule has 0 atom stereocenters. The summed E-state index contributed by atoms with van der Waals surface area (Å²) in [5, 5.41) is 23.4. The molecule has 0 aromatic heterocycles. The van der Waals surface area contributed by atoms with Crippen molar-refractivity contribution in [3.05, 3.63) is 33.4 Å². The number of amides is 1. The minimum atomic E-state index is -0.442. The third-order valence-electron chi connectivity index (χ3n) is 4.81. The van der Waals surface area contributed by atoms with E-state index in [9.17, 15) is 14.9 Å². The lowest BCUT2D eigenvalue weighted by Crippen LogP contribution is -2.45. The van der Waals surface area contributed by atoms with Crippen molar-refractivity contribution in [1.82, 2.24) is 5.32 Å². The minimum absolute atomic E-state index is 0.0202. The van der Waals surface area contributed by atoms with Gasteiger partial charge in [0, 0.05) is 36.8 Å². The van der Waals surface area contributed by atoms with Gasteiger partial charge in [-0.15, -0.1) is 0 Å². The van der Waals surface area contributed by atoms with Crippen LogP contribution >= 0.6 is 0 Å². The number of piperidine rings is 1. The van der Waals surface area contributed by atoms with Crippen molar-refractivity contribution in [3.8, 4) is 6.07 Å². The Balaban J connectivity index is 1.71. The minimum Gasteiger partial charge on any atom is -0.371 e. The maximum absolute atomic E-state index is 11.8. The lowest BCUT2D eigenvalue weighted by Gasteiger charge is -2.34. The molecule has 7 nitrogen and oxygen atoms in total. The van der Waals surface area contributed by atoms with Crippen molar-refractivity contribution in [3.63, 3.8) is 0 Å². The average Bonchev–Trinajstić information content (AvgIpc) is 3.40. The second kappa shape index (κ2) is 6.48. The predicted octanol–water partition coefficient (Wildman–Crippen LogP) is 2.27. The highest BCUT2D eigenvalue weighted by Gasteiger charge is 2.32. The van der Waals surface area contributed by atoms with Crippen LogP contribution in [0.5, 0.6) is 0 Å². The summed E-state index contributed by atoms with van der Waals surface area (Å²) >= 11 is 0. The molecular formula is C17H20N4O3. The fourth-order valence-electron chi connectivity index (χ4n) is 3.20. The molecule has 1 aliphatic carbocycles. The van der Waals surface area contributed by atoms with Crippen LogP contribution in [0.3, 0.4) is 0 Å². The van der Waals surface area contributed by atoms with E-state index in [1.807, 2.05) is 6.07 Å². The molecule has 1 N–H and O–H groups in total. The SMILES string of the molecule is Cc1c(N2CCC(NC(=O)C3CC3)CC2)cc(C#N)cc1[N+](=O)[O-]. The number of rotatable bonds is 4. The summed E-state index contributed by atoms with van der Waals surface area (Å²) in [6.07, 6.45) is 3.61. The Labute approximate surface area is 140 Å². The molecular weight excluding hydrogens is 308 g/mol. The van der Waals surface area contributed by atoms with Gasteiger partial charge < -0.3 is 10.2 Å². The van der Waals surface area contributed by atoms with E-state index in [1.54, 1.807) is 13.0 Å². The van der Waals surface area contributed by atoms with Gasteiger partial charge in [-0.3, -0.25) is 14.9 Å². The Morgan fingerprint density at radius 1 is 1.33 bits per heavy atom. The Morgan fingerprint density at radius 2 is 2.00 bits per heavy atom. The van der Waals surface area contributed by atoms with Crippen molar-refractivity contribution in [2.24, 2.45) is 5.92 Å². The molecule has 1 amide bonds. The van der Waals surface area contributed by atoms with Crippen LogP contribution in [0.2, 0.25) is 0 Å². The lowest BCUT2D eigenvalue weighted by atomic mass is 10.0. The monoisotopic (exact) mass is 328 g/mol. The summed E-state index contributed by atoms with van der Waals surface area (Å²) in [5.74, 6) is 0.368. The maximum atomic E-state index is 11.8. The number of benzene rings is 1. The molecule has 7 heteroatoms. The highest BCUT2D eigenvalue weighted by molar-refractivity contribution is 5.81. The molecule has 0 unspecified atom stereocenters. The molecule has 0 spiro atoms. The van der Waals surface area contributed by atoms with Crippen molar-refractivity contribution in [2.75, 3.05) is 18.0 Å². The third kappa shape index (κ3) is 3.32. The van der Waals surface area contributed by atoms with Gasteiger partial charge in [-0.05, 0) is 38.7 Å². The van der Waals surface area contributed by atoms with Crippen LogP contribution in [0.25, 0.3) is 0 Å². The van der Waals surface area contributed by atoms with Crippen LogP contribution in [-0.2, 0) is 4.79 Å². The molecule has 1 aromatic carbocycles. The van der Waals surface area contributed by atoms with E-state index in [0.717, 1.165) is 31.4 Å². The van der Waals surface area contributed by atoms with Crippen molar-refractivity contribution >= 4 is 17.3 Å². The zero-order valence-electron chi connectivity index (χ0n) is 13.6. The number of nitro benzene ring substituents is 1. The van der Waals surface area contributed by atoms with Gasteiger partial charge in [0.2, 0.25) is 5.91 Å². The van der Waals surface area contributed by atoms with Crippen LogP contribution < -0.4 is 10.2 Å². The average molecular weight is 328 g/mol. The first-order valence-electron chi connectivity index (χ1n) is 8.24. The fourth-order valence-corrected chi connectivity index (χ4v) is 3.20. The summed E-state index contributed by atoms with van der Waals surface area (Å²) < 4.78 is 0. The first-order valence-corrected chi connectivity index (χ1v) is 8.24. The van der Waals surface area contributed by atoms with E-state index in [4.69, 9.17) is 5.26 Å². The zero-order chi connectivity index (χ0) is 17.3. The predicted molar refractivity (Wildman–Crippen MR) is 88.7 cm³/mol. The summed E-state index contributed by atoms with van der Waals surface area (Å²) in [4.78, 5) is 24.7. The molecule has 1 saturated carbocycles. The largest absolute Gasteiger partial charge is 0.371 e. The van der Waals surface area contributed by atoms with Gasteiger partial charge in [0.15, 0.2) is 0 Å². The number of nitrogens with zero attached hydrogens (tertiary/aromatic N) is 3. The molecule has 0 bridgehead atoms. The van der Waals surface area contributed by atoms with Crippen LogP contribution in [-0.4, -0.2) is 30.0 Å². The number of carbonyl (C=O) groups is 1. The van der Waals surface area contributed by atoms with Gasteiger partial charge in [-0.25, -0.2) is 0 Å². The van der Waals surface area contributed by atoms with Gasteiger partial charge in [-0.1, -0.05) is 0 Å². The molecule has 126 valence electrons.